The van der Waals surface area contributed by atoms with E-state index in [1.807, 2.05) is 27.7 Å². The Labute approximate surface area is 91.0 Å². The van der Waals surface area contributed by atoms with Crippen molar-refractivity contribution in [3.05, 3.63) is 0 Å². The van der Waals surface area contributed by atoms with Crippen molar-refractivity contribution < 1.29 is 14.6 Å². The average Bonchev–Trinajstić information content (AvgIpc) is 2.79. The first-order valence-electron chi connectivity index (χ1n) is 5.39. The monoisotopic (exact) mass is 215 g/mol. The molecule has 0 aromatic rings. The zero-order valence-corrected chi connectivity index (χ0v) is 9.96. The predicted molar refractivity (Wildman–Crippen MR) is 57.6 cm³/mol. The number of carbonyl (C=O) groups excluding carboxylic acids is 1. The van der Waals surface area contributed by atoms with Gasteiger partial charge in [0.25, 0.3) is 0 Å². The van der Waals surface area contributed by atoms with Gasteiger partial charge in [-0.25, -0.2) is 4.79 Å². The summed E-state index contributed by atoms with van der Waals surface area (Å²) in [6, 6.07) is -0.0302. The molecule has 1 rings (SSSR count). The van der Waals surface area contributed by atoms with Gasteiger partial charge in [-0.3, -0.25) is 0 Å². The second-order valence-corrected chi connectivity index (χ2v) is 5.39. The quantitative estimate of drug-likeness (QED) is 0.753. The van der Waals surface area contributed by atoms with Crippen LogP contribution in [0.25, 0.3) is 0 Å². The van der Waals surface area contributed by atoms with Crippen LogP contribution in [0.2, 0.25) is 0 Å². The third-order valence-corrected chi connectivity index (χ3v) is 2.86. The summed E-state index contributed by atoms with van der Waals surface area (Å²) in [5, 5.41) is 11.9. The summed E-state index contributed by atoms with van der Waals surface area (Å²) in [6.07, 6.45) is 1.54. The maximum atomic E-state index is 11.4. The summed E-state index contributed by atoms with van der Waals surface area (Å²) in [7, 11) is 0. The Kier molecular flexibility index (Phi) is 3.28. The van der Waals surface area contributed by atoms with Gasteiger partial charge in [0.2, 0.25) is 0 Å². The van der Waals surface area contributed by atoms with Gasteiger partial charge in [0.1, 0.15) is 5.60 Å². The summed E-state index contributed by atoms with van der Waals surface area (Å²) in [5.74, 6) is 0. The van der Waals surface area contributed by atoms with E-state index in [0.29, 0.717) is 0 Å². The molecule has 0 aromatic heterocycles. The lowest BCUT2D eigenvalue weighted by atomic mass is 10.00. The highest BCUT2D eigenvalue weighted by molar-refractivity contribution is 5.68. The molecule has 1 aliphatic rings. The van der Waals surface area contributed by atoms with Crippen molar-refractivity contribution in [2.75, 3.05) is 6.61 Å². The SMILES string of the molecule is CC(NC(=O)OC(C)(C)C)C1(CO)CC1. The summed E-state index contributed by atoms with van der Waals surface area (Å²) >= 11 is 0. The Morgan fingerprint density at radius 2 is 2.07 bits per heavy atom. The molecule has 0 aliphatic heterocycles. The molecule has 4 heteroatoms. The molecule has 1 fully saturated rings. The summed E-state index contributed by atoms with van der Waals surface area (Å²) in [6.45, 7) is 7.53. The third-order valence-electron chi connectivity index (χ3n) is 2.86. The molecule has 1 amide bonds. The first-order chi connectivity index (χ1) is 6.79. The number of aliphatic hydroxyl groups excluding tert-OH is 1. The number of rotatable bonds is 3. The van der Waals surface area contributed by atoms with Gasteiger partial charge in [-0.05, 0) is 40.5 Å². The lowest BCUT2D eigenvalue weighted by Crippen LogP contribution is -2.43. The molecule has 88 valence electrons. The number of carbonyl (C=O) groups is 1. The van der Waals surface area contributed by atoms with Gasteiger partial charge in [-0.2, -0.15) is 0 Å². The van der Waals surface area contributed by atoms with Crippen molar-refractivity contribution in [2.45, 2.75) is 52.2 Å². The number of hydrogen-bond acceptors (Lipinski definition) is 3. The van der Waals surface area contributed by atoms with Crippen LogP contribution in [0.4, 0.5) is 4.79 Å². The van der Waals surface area contributed by atoms with E-state index in [1.54, 1.807) is 0 Å². The molecule has 0 aromatic carbocycles. The maximum absolute atomic E-state index is 11.4. The van der Waals surface area contributed by atoms with Gasteiger partial charge in [0.15, 0.2) is 0 Å². The van der Waals surface area contributed by atoms with E-state index in [1.165, 1.54) is 0 Å². The van der Waals surface area contributed by atoms with Crippen molar-refractivity contribution in [2.24, 2.45) is 5.41 Å². The van der Waals surface area contributed by atoms with E-state index < -0.39 is 11.7 Å². The Hall–Kier alpha value is -0.770. The zero-order valence-electron chi connectivity index (χ0n) is 9.96. The smallest absolute Gasteiger partial charge is 0.407 e. The fraction of sp³-hybridized carbons (Fsp3) is 0.909. The van der Waals surface area contributed by atoms with Gasteiger partial charge >= 0.3 is 6.09 Å². The van der Waals surface area contributed by atoms with E-state index >= 15 is 0 Å². The fourth-order valence-corrected chi connectivity index (χ4v) is 1.53. The Bertz CT molecular complexity index is 241. The minimum Gasteiger partial charge on any atom is -0.444 e. The molecule has 0 spiro atoms. The maximum Gasteiger partial charge on any atom is 0.407 e. The number of amides is 1. The second-order valence-electron chi connectivity index (χ2n) is 5.39. The van der Waals surface area contributed by atoms with Crippen molar-refractivity contribution in [3.8, 4) is 0 Å². The van der Waals surface area contributed by atoms with Crippen LogP contribution >= 0.6 is 0 Å². The lowest BCUT2D eigenvalue weighted by molar-refractivity contribution is 0.0468. The van der Waals surface area contributed by atoms with Crippen molar-refractivity contribution in [3.63, 3.8) is 0 Å². The highest BCUT2D eigenvalue weighted by Gasteiger charge is 2.47. The van der Waals surface area contributed by atoms with Gasteiger partial charge < -0.3 is 15.2 Å². The fourth-order valence-electron chi connectivity index (χ4n) is 1.53. The molecule has 15 heavy (non-hydrogen) atoms. The predicted octanol–water partition coefficient (Wildman–Crippen LogP) is 1.67. The van der Waals surface area contributed by atoms with Crippen LogP contribution in [-0.2, 0) is 4.74 Å². The molecule has 0 heterocycles. The Balaban J connectivity index is 2.39. The number of alkyl carbamates (subject to hydrolysis) is 1. The van der Waals surface area contributed by atoms with Crippen molar-refractivity contribution >= 4 is 6.09 Å². The topological polar surface area (TPSA) is 58.6 Å². The standard InChI is InChI=1S/C11H21NO3/c1-8(11(7-13)5-6-11)12-9(14)15-10(2,3)4/h8,13H,5-7H2,1-4H3,(H,12,14). The van der Waals surface area contributed by atoms with E-state index in [0.717, 1.165) is 12.8 Å². The lowest BCUT2D eigenvalue weighted by Gasteiger charge is -2.25. The molecule has 0 saturated heterocycles. The van der Waals surface area contributed by atoms with E-state index in [4.69, 9.17) is 4.74 Å². The largest absolute Gasteiger partial charge is 0.444 e. The highest BCUT2D eigenvalue weighted by atomic mass is 16.6. The van der Waals surface area contributed by atoms with Crippen LogP contribution in [0, 0.1) is 5.41 Å². The van der Waals surface area contributed by atoms with Gasteiger partial charge in [-0.1, -0.05) is 0 Å². The highest BCUT2D eigenvalue weighted by Crippen LogP contribution is 2.48. The van der Waals surface area contributed by atoms with Crippen molar-refractivity contribution in [1.29, 1.82) is 0 Å². The molecular formula is C11H21NO3. The van der Waals surface area contributed by atoms with Crippen molar-refractivity contribution in [1.82, 2.24) is 5.32 Å². The van der Waals surface area contributed by atoms with Crippen LogP contribution in [0.3, 0.4) is 0 Å². The molecule has 1 saturated carbocycles. The van der Waals surface area contributed by atoms with Gasteiger partial charge in [-0.15, -0.1) is 0 Å². The molecule has 1 atom stereocenters. The first kappa shape index (κ1) is 12.3. The molecule has 1 unspecified atom stereocenters. The molecule has 4 nitrogen and oxygen atoms in total. The van der Waals surface area contributed by atoms with E-state index in [9.17, 15) is 9.90 Å². The summed E-state index contributed by atoms with van der Waals surface area (Å²) in [5.41, 5.74) is -0.573. The van der Waals surface area contributed by atoms with Crippen LogP contribution in [0.5, 0.6) is 0 Å². The van der Waals surface area contributed by atoms with E-state index in [-0.39, 0.29) is 18.1 Å². The molecule has 1 aliphatic carbocycles. The second kappa shape index (κ2) is 4.00. The summed E-state index contributed by atoms with van der Waals surface area (Å²) in [4.78, 5) is 11.4. The Morgan fingerprint density at radius 3 is 2.40 bits per heavy atom. The minimum absolute atomic E-state index is 0.0302. The molecular weight excluding hydrogens is 194 g/mol. The number of nitrogens with one attached hydrogen (secondary N) is 1. The van der Waals surface area contributed by atoms with Crippen LogP contribution in [-0.4, -0.2) is 29.4 Å². The number of ether oxygens (including phenoxy) is 1. The first-order valence-corrected chi connectivity index (χ1v) is 5.39. The van der Waals surface area contributed by atoms with Crippen LogP contribution in [0.1, 0.15) is 40.5 Å². The minimum atomic E-state index is -0.472. The summed E-state index contributed by atoms with van der Waals surface area (Å²) < 4.78 is 5.14. The third kappa shape index (κ3) is 3.38. The van der Waals surface area contributed by atoms with Crippen LogP contribution in [0.15, 0.2) is 0 Å². The molecule has 2 N–H and O–H groups in total. The zero-order chi connectivity index (χ0) is 11.7. The van der Waals surface area contributed by atoms with Gasteiger partial charge in [0.05, 0.1) is 6.61 Å². The normalized spacial score (nSPS) is 20.6. The van der Waals surface area contributed by atoms with Crippen LogP contribution < -0.4 is 5.32 Å². The molecule has 0 radical (unpaired) electrons. The average molecular weight is 215 g/mol. The van der Waals surface area contributed by atoms with Gasteiger partial charge in [0, 0.05) is 11.5 Å². The number of aliphatic hydroxyl groups is 1. The number of hydrogen-bond donors (Lipinski definition) is 2. The molecule has 0 bridgehead atoms. The van der Waals surface area contributed by atoms with E-state index in [2.05, 4.69) is 5.32 Å². The Morgan fingerprint density at radius 1 is 1.53 bits per heavy atom.